The summed E-state index contributed by atoms with van der Waals surface area (Å²) >= 11 is 0. The number of para-hydroxylation sites is 2. The smallest absolute Gasteiger partial charge is 0.137 e. The molecule has 0 saturated heterocycles. The van der Waals surface area contributed by atoms with Crippen LogP contribution in [0.5, 0.6) is 0 Å². The van der Waals surface area contributed by atoms with Gasteiger partial charge in [0.05, 0.1) is 11.4 Å². The van der Waals surface area contributed by atoms with Crippen LogP contribution in [0.4, 0.5) is 34.1 Å². The van der Waals surface area contributed by atoms with E-state index in [1.807, 2.05) is 0 Å². The number of hydrogen-bond donors (Lipinski definition) is 0. The van der Waals surface area contributed by atoms with Crippen LogP contribution in [-0.4, -0.2) is 0 Å². The molecule has 0 fully saturated rings. The van der Waals surface area contributed by atoms with Crippen molar-refractivity contribution in [1.29, 1.82) is 0 Å². The Bertz CT molecular complexity index is 3880. The molecule has 0 aliphatic carbocycles. The Balaban J connectivity index is 0.963. The van der Waals surface area contributed by atoms with Gasteiger partial charge >= 0.3 is 0 Å². The third kappa shape index (κ3) is 5.23. The molecule has 298 valence electrons. The van der Waals surface area contributed by atoms with E-state index in [1.165, 1.54) is 53.9 Å². The Morgan fingerprint density at radius 1 is 0.234 bits per heavy atom. The molecule has 4 nitrogen and oxygen atoms in total. The lowest BCUT2D eigenvalue weighted by Gasteiger charge is -2.29. The monoisotopic (exact) mass is 816 g/mol. The quantitative estimate of drug-likeness (QED) is 0.157. The van der Waals surface area contributed by atoms with Gasteiger partial charge in [0, 0.05) is 67.2 Å². The van der Waals surface area contributed by atoms with Gasteiger partial charge in [-0.25, -0.2) is 0 Å². The average molecular weight is 817 g/mol. The molecule has 2 heterocycles. The first-order chi connectivity index (χ1) is 31.7. The normalized spacial score (nSPS) is 12.1. The maximum Gasteiger partial charge on any atom is 0.137 e. The zero-order valence-electron chi connectivity index (χ0n) is 34.5. The van der Waals surface area contributed by atoms with Gasteiger partial charge in [0.1, 0.15) is 22.3 Å². The van der Waals surface area contributed by atoms with Crippen molar-refractivity contribution in [3.05, 3.63) is 218 Å². The Labute approximate surface area is 367 Å². The number of fused-ring (bicyclic) bond motifs is 8. The maximum absolute atomic E-state index is 6.63. The number of benzene rings is 12. The molecule has 0 aliphatic heterocycles. The standard InChI is InChI=1S/C60H36N2O2/c1-3-15-43(16-4-1)61(45-23-27-47-51-31-39-11-7-9-13-41(39)33-55(51)63-57(47)35-45)53-29-21-37-20-26-50-54(30-22-38-19-25-49(53)59(37)60(38)50)62(44-17-5-2-6-18-44)46-24-28-48-52-32-40-12-8-10-14-42(40)34-56(52)64-58(48)36-46/h1-36H. The summed E-state index contributed by atoms with van der Waals surface area (Å²) in [5.74, 6) is 0. The Hall–Kier alpha value is -8.60. The Kier molecular flexibility index (Phi) is 7.36. The lowest BCUT2D eigenvalue weighted by molar-refractivity contribution is 0.669. The summed E-state index contributed by atoms with van der Waals surface area (Å²) in [5.41, 5.74) is 9.92. The molecule has 0 bridgehead atoms. The first-order valence-corrected chi connectivity index (χ1v) is 21.8. The van der Waals surface area contributed by atoms with Crippen molar-refractivity contribution in [2.45, 2.75) is 0 Å². The zero-order valence-corrected chi connectivity index (χ0v) is 34.5. The van der Waals surface area contributed by atoms with Crippen molar-refractivity contribution < 1.29 is 8.83 Å². The van der Waals surface area contributed by atoms with Crippen LogP contribution in [0.1, 0.15) is 0 Å². The first kappa shape index (κ1) is 35.0. The minimum atomic E-state index is 0.862. The van der Waals surface area contributed by atoms with E-state index in [9.17, 15) is 0 Å². The van der Waals surface area contributed by atoms with Crippen LogP contribution in [0.15, 0.2) is 227 Å². The van der Waals surface area contributed by atoms with Crippen LogP contribution in [-0.2, 0) is 0 Å². The Morgan fingerprint density at radius 3 is 1.03 bits per heavy atom. The maximum atomic E-state index is 6.63. The minimum absolute atomic E-state index is 0.862. The molecule has 0 amide bonds. The lowest BCUT2D eigenvalue weighted by Crippen LogP contribution is -2.11. The van der Waals surface area contributed by atoms with E-state index in [-0.39, 0.29) is 0 Å². The van der Waals surface area contributed by atoms with Gasteiger partial charge in [0.25, 0.3) is 0 Å². The minimum Gasteiger partial charge on any atom is -0.456 e. The number of anilines is 6. The Morgan fingerprint density at radius 2 is 0.594 bits per heavy atom. The molecule has 14 rings (SSSR count). The molecular weight excluding hydrogens is 781 g/mol. The fraction of sp³-hybridized carbons (Fsp3) is 0. The highest BCUT2D eigenvalue weighted by Crippen LogP contribution is 2.49. The molecule has 4 heteroatoms. The highest BCUT2D eigenvalue weighted by Gasteiger charge is 2.23. The molecule has 0 atom stereocenters. The molecule has 0 spiro atoms. The molecule has 64 heavy (non-hydrogen) atoms. The number of hydrogen-bond acceptors (Lipinski definition) is 4. The summed E-state index contributed by atoms with van der Waals surface area (Å²) in [6.07, 6.45) is 0. The van der Waals surface area contributed by atoms with Crippen molar-refractivity contribution >= 4 is 132 Å². The number of nitrogens with zero attached hydrogens (tertiary/aromatic N) is 2. The van der Waals surface area contributed by atoms with Crippen molar-refractivity contribution in [1.82, 2.24) is 0 Å². The summed E-state index contributed by atoms with van der Waals surface area (Å²) in [4.78, 5) is 4.75. The third-order valence-corrected chi connectivity index (χ3v) is 13.3. The largest absolute Gasteiger partial charge is 0.456 e. The summed E-state index contributed by atoms with van der Waals surface area (Å²) in [6.45, 7) is 0. The van der Waals surface area contributed by atoms with Crippen LogP contribution in [0.25, 0.3) is 97.7 Å². The summed E-state index contributed by atoms with van der Waals surface area (Å²) in [7, 11) is 0. The van der Waals surface area contributed by atoms with Crippen LogP contribution in [0, 0.1) is 0 Å². The second-order valence-corrected chi connectivity index (χ2v) is 16.9. The van der Waals surface area contributed by atoms with Gasteiger partial charge in [0.15, 0.2) is 0 Å². The van der Waals surface area contributed by atoms with Crippen molar-refractivity contribution in [3.8, 4) is 0 Å². The van der Waals surface area contributed by atoms with Gasteiger partial charge in [-0.15, -0.1) is 0 Å². The second-order valence-electron chi connectivity index (χ2n) is 16.9. The van der Waals surface area contributed by atoms with Crippen LogP contribution in [0.2, 0.25) is 0 Å². The molecule has 14 aromatic rings. The van der Waals surface area contributed by atoms with Crippen molar-refractivity contribution in [3.63, 3.8) is 0 Å². The van der Waals surface area contributed by atoms with Gasteiger partial charge in [-0.3, -0.25) is 0 Å². The molecule has 0 saturated carbocycles. The third-order valence-electron chi connectivity index (χ3n) is 13.3. The van der Waals surface area contributed by atoms with E-state index in [1.54, 1.807) is 0 Å². The molecular formula is C60H36N2O2. The van der Waals surface area contributed by atoms with E-state index < -0.39 is 0 Å². The predicted octanol–water partition coefficient (Wildman–Crippen LogP) is 17.6. The summed E-state index contributed by atoms with van der Waals surface area (Å²) < 4.78 is 13.3. The van der Waals surface area contributed by atoms with Gasteiger partial charge in [-0.1, -0.05) is 121 Å². The van der Waals surface area contributed by atoms with Crippen molar-refractivity contribution in [2.24, 2.45) is 0 Å². The van der Waals surface area contributed by atoms with Crippen molar-refractivity contribution in [2.75, 3.05) is 9.80 Å². The SMILES string of the molecule is c1ccc(N(c2ccc3c(c2)oc2cc4ccccc4cc23)c2ccc3ccc4c(N(c5ccccc5)c5ccc6c(c5)oc5cc7ccccc7cc56)ccc5ccc2c3c54)cc1. The van der Waals surface area contributed by atoms with E-state index in [2.05, 4.69) is 228 Å². The molecule has 12 aromatic carbocycles. The molecule has 2 aromatic heterocycles. The van der Waals surface area contributed by atoms with Crippen LogP contribution >= 0.6 is 0 Å². The summed E-state index contributed by atoms with van der Waals surface area (Å²) in [5, 5.41) is 16.4. The second kappa shape index (κ2) is 13.4. The molecule has 0 N–H and O–H groups in total. The van der Waals surface area contributed by atoms with E-state index in [4.69, 9.17) is 8.83 Å². The predicted molar refractivity (Wildman–Crippen MR) is 269 cm³/mol. The molecule has 0 radical (unpaired) electrons. The molecule has 0 unspecified atom stereocenters. The van der Waals surface area contributed by atoms with Gasteiger partial charge in [-0.05, 0) is 128 Å². The van der Waals surface area contributed by atoms with Gasteiger partial charge in [-0.2, -0.15) is 0 Å². The highest BCUT2D eigenvalue weighted by atomic mass is 16.3. The van der Waals surface area contributed by atoms with Crippen LogP contribution < -0.4 is 9.80 Å². The number of furan rings is 2. The van der Waals surface area contributed by atoms with E-state index in [0.717, 1.165) is 78.0 Å². The van der Waals surface area contributed by atoms with Crippen LogP contribution in [0.3, 0.4) is 0 Å². The van der Waals surface area contributed by atoms with E-state index in [0.29, 0.717) is 0 Å². The fourth-order valence-electron chi connectivity index (χ4n) is 10.3. The van der Waals surface area contributed by atoms with Gasteiger partial charge < -0.3 is 18.6 Å². The highest BCUT2D eigenvalue weighted by molar-refractivity contribution is 6.28. The lowest BCUT2D eigenvalue weighted by atomic mass is 9.91. The van der Waals surface area contributed by atoms with E-state index >= 15 is 0 Å². The first-order valence-electron chi connectivity index (χ1n) is 21.8. The average Bonchev–Trinajstić information content (AvgIpc) is 3.89. The zero-order chi connectivity index (χ0) is 41.9. The topological polar surface area (TPSA) is 32.8 Å². The molecule has 0 aliphatic rings. The number of rotatable bonds is 6. The van der Waals surface area contributed by atoms with Gasteiger partial charge in [0.2, 0.25) is 0 Å². The fourth-order valence-corrected chi connectivity index (χ4v) is 10.3. The summed E-state index contributed by atoms with van der Waals surface area (Å²) in [6, 6.07) is 78.6.